The van der Waals surface area contributed by atoms with Gasteiger partial charge in [-0.15, -0.1) is 0 Å². The van der Waals surface area contributed by atoms with Crippen molar-refractivity contribution in [1.29, 1.82) is 0 Å². The summed E-state index contributed by atoms with van der Waals surface area (Å²) in [6, 6.07) is -1.25. The lowest BCUT2D eigenvalue weighted by molar-refractivity contribution is -0.155. The highest BCUT2D eigenvalue weighted by Gasteiger charge is 2.28. The zero-order chi connectivity index (χ0) is 12.0. The molecule has 1 unspecified atom stereocenters. The van der Waals surface area contributed by atoms with E-state index >= 15 is 0 Å². The number of carboxylic acids is 1. The first-order valence-corrected chi connectivity index (χ1v) is 4.30. The fraction of sp³-hybridized carbons (Fsp3) is 0.625. The van der Waals surface area contributed by atoms with Gasteiger partial charge in [0.25, 0.3) is 0 Å². The fourth-order valence-electron chi connectivity index (χ4n) is 1.03. The number of hydrazine groups is 1. The third-order valence-corrected chi connectivity index (χ3v) is 1.62. The SMILES string of the molecule is CC(=O)NN(C(C)=O)C(CCO)C(=O)O. The summed E-state index contributed by atoms with van der Waals surface area (Å²) < 4.78 is 0. The Bertz CT molecular complexity index is 266. The van der Waals surface area contributed by atoms with Crippen molar-refractivity contribution in [3.63, 3.8) is 0 Å². The number of nitrogens with zero attached hydrogens (tertiary/aromatic N) is 1. The van der Waals surface area contributed by atoms with E-state index in [1.165, 1.54) is 0 Å². The second-order valence-electron chi connectivity index (χ2n) is 2.92. The molecular weight excluding hydrogens is 204 g/mol. The third-order valence-electron chi connectivity index (χ3n) is 1.62. The second-order valence-corrected chi connectivity index (χ2v) is 2.92. The first-order chi connectivity index (χ1) is 6.90. The van der Waals surface area contributed by atoms with E-state index in [1.54, 1.807) is 0 Å². The smallest absolute Gasteiger partial charge is 0.328 e. The Balaban J connectivity index is 4.74. The van der Waals surface area contributed by atoms with Gasteiger partial charge in [0, 0.05) is 26.9 Å². The molecule has 86 valence electrons. The van der Waals surface area contributed by atoms with Crippen LogP contribution in [0.5, 0.6) is 0 Å². The van der Waals surface area contributed by atoms with Crippen LogP contribution in [0.25, 0.3) is 0 Å². The molecule has 0 saturated heterocycles. The van der Waals surface area contributed by atoms with Crippen LogP contribution in [0.1, 0.15) is 20.3 Å². The normalized spacial score (nSPS) is 11.7. The first-order valence-electron chi connectivity index (χ1n) is 4.30. The number of rotatable bonds is 4. The van der Waals surface area contributed by atoms with E-state index in [9.17, 15) is 14.4 Å². The highest BCUT2D eigenvalue weighted by Crippen LogP contribution is 2.02. The Hall–Kier alpha value is -1.63. The van der Waals surface area contributed by atoms with Crippen molar-refractivity contribution in [2.24, 2.45) is 0 Å². The predicted molar refractivity (Wildman–Crippen MR) is 49.5 cm³/mol. The van der Waals surface area contributed by atoms with Crippen molar-refractivity contribution >= 4 is 17.8 Å². The molecule has 0 bridgehead atoms. The molecule has 2 amide bonds. The molecule has 1 atom stereocenters. The Morgan fingerprint density at radius 3 is 2.13 bits per heavy atom. The summed E-state index contributed by atoms with van der Waals surface area (Å²) in [4.78, 5) is 32.6. The average molecular weight is 218 g/mol. The Labute approximate surface area is 86.6 Å². The molecule has 0 heterocycles. The standard InChI is InChI=1S/C8H14N2O5/c1-5(12)9-10(6(2)13)7(3-4-11)8(14)15/h7,11H,3-4H2,1-2H3,(H,9,12)(H,14,15). The van der Waals surface area contributed by atoms with Crippen molar-refractivity contribution < 1.29 is 24.6 Å². The maximum Gasteiger partial charge on any atom is 0.328 e. The summed E-state index contributed by atoms with van der Waals surface area (Å²) >= 11 is 0. The highest BCUT2D eigenvalue weighted by molar-refractivity contribution is 5.84. The van der Waals surface area contributed by atoms with Crippen LogP contribution in [0.3, 0.4) is 0 Å². The molecule has 0 aromatic heterocycles. The quantitative estimate of drug-likeness (QED) is 0.509. The zero-order valence-electron chi connectivity index (χ0n) is 8.56. The molecule has 0 spiro atoms. The molecular formula is C8H14N2O5. The van der Waals surface area contributed by atoms with Gasteiger partial charge in [0.15, 0.2) is 6.04 Å². The van der Waals surface area contributed by atoms with Crippen LogP contribution in [0.15, 0.2) is 0 Å². The van der Waals surface area contributed by atoms with Gasteiger partial charge in [0.1, 0.15) is 0 Å². The van der Waals surface area contributed by atoms with Gasteiger partial charge in [-0.3, -0.25) is 15.0 Å². The summed E-state index contributed by atoms with van der Waals surface area (Å²) in [6.45, 7) is 1.90. The van der Waals surface area contributed by atoms with Crippen LogP contribution >= 0.6 is 0 Å². The number of hydrogen-bond donors (Lipinski definition) is 3. The van der Waals surface area contributed by atoms with Gasteiger partial charge in [-0.2, -0.15) is 0 Å². The van der Waals surface area contributed by atoms with E-state index in [2.05, 4.69) is 5.43 Å². The van der Waals surface area contributed by atoms with E-state index in [0.29, 0.717) is 5.01 Å². The molecule has 0 aromatic rings. The number of carbonyl (C=O) groups is 3. The molecule has 0 rings (SSSR count). The molecule has 0 saturated carbocycles. The average Bonchev–Trinajstić information content (AvgIpc) is 2.09. The largest absolute Gasteiger partial charge is 0.480 e. The van der Waals surface area contributed by atoms with Crippen molar-refractivity contribution in [2.75, 3.05) is 6.61 Å². The van der Waals surface area contributed by atoms with Crippen LogP contribution in [-0.2, 0) is 14.4 Å². The van der Waals surface area contributed by atoms with Gasteiger partial charge in [-0.1, -0.05) is 0 Å². The van der Waals surface area contributed by atoms with E-state index in [-0.39, 0.29) is 13.0 Å². The van der Waals surface area contributed by atoms with Gasteiger partial charge in [0.2, 0.25) is 11.8 Å². The number of aliphatic carboxylic acids is 1. The van der Waals surface area contributed by atoms with Crippen LogP contribution in [0.2, 0.25) is 0 Å². The topological polar surface area (TPSA) is 107 Å². The highest BCUT2D eigenvalue weighted by atomic mass is 16.4. The number of carboxylic acid groups (broad SMARTS) is 1. The van der Waals surface area contributed by atoms with Crippen molar-refractivity contribution in [3.05, 3.63) is 0 Å². The predicted octanol–water partition coefficient (Wildman–Crippen LogP) is -1.28. The summed E-state index contributed by atoms with van der Waals surface area (Å²) in [5.74, 6) is -2.44. The van der Waals surface area contributed by atoms with Crippen molar-refractivity contribution in [2.45, 2.75) is 26.3 Å². The minimum Gasteiger partial charge on any atom is -0.480 e. The Morgan fingerprint density at radius 1 is 1.33 bits per heavy atom. The number of amides is 2. The fourth-order valence-corrected chi connectivity index (χ4v) is 1.03. The zero-order valence-corrected chi connectivity index (χ0v) is 8.56. The van der Waals surface area contributed by atoms with Crippen molar-refractivity contribution in [1.82, 2.24) is 10.4 Å². The Kier molecular flexibility index (Phi) is 5.32. The summed E-state index contributed by atoms with van der Waals surface area (Å²) in [6.07, 6.45) is -0.144. The van der Waals surface area contributed by atoms with Gasteiger partial charge in [-0.05, 0) is 0 Å². The van der Waals surface area contributed by atoms with Crippen LogP contribution in [0.4, 0.5) is 0 Å². The number of aliphatic hydroxyl groups is 1. The summed E-state index contributed by atoms with van der Waals surface area (Å²) in [5.41, 5.74) is 2.10. The monoisotopic (exact) mass is 218 g/mol. The molecule has 15 heavy (non-hydrogen) atoms. The summed E-state index contributed by atoms with van der Waals surface area (Å²) in [7, 11) is 0. The van der Waals surface area contributed by atoms with Crippen LogP contribution in [-0.4, -0.2) is 45.7 Å². The van der Waals surface area contributed by atoms with Crippen LogP contribution < -0.4 is 5.43 Å². The molecule has 0 aliphatic carbocycles. The number of aliphatic hydroxyl groups excluding tert-OH is 1. The maximum absolute atomic E-state index is 11.1. The molecule has 0 radical (unpaired) electrons. The minimum atomic E-state index is -1.28. The molecule has 0 aromatic carbocycles. The maximum atomic E-state index is 11.1. The van der Waals surface area contributed by atoms with Crippen molar-refractivity contribution in [3.8, 4) is 0 Å². The molecule has 0 fully saturated rings. The molecule has 7 heteroatoms. The molecule has 3 N–H and O–H groups in total. The molecule has 0 aliphatic heterocycles. The van der Waals surface area contributed by atoms with Gasteiger partial charge in [0.05, 0.1) is 0 Å². The Morgan fingerprint density at radius 2 is 1.87 bits per heavy atom. The first kappa shape index (κ1) is 13.4. The van der Waals surface area contributed by atoms with Gasteiger partial charge < -0.3 is 10.2 Å². The lowest BCUT2D eigenvalue weighted by Gasteiger charge is -2.26. The minimum absolute atomic E-state index is 0.144. The molecule has 0 aliphatic rings. The number of hydrogen-bond acceptors (Lipinski definition) is 4. The van der Waals surface area contributed by atoms with E-state index < -0.39 is 23.8 Å². The van der Waals surface area contributed by atoms with Gasteiger partial charge >= 0.3 is 5.97 Å². The van der Waals surface area contributed by atoms with E-state index in [0.717, 1.165) is 13.8 Å². The summed E-state index contributed by atoms with van der Waals surface area (Å²) in [5, 5.41) is 18.1. The number of carbonyl (C=O) groups excluding carboxylic acids is 2. The second kappa shape index (κ2) is 5.97. The third kappa shape index (κ3) is 4.41. The van der Waals surface area contributed by atoms with E-state index in [1.807, 2.05) is 0 Å². The van der Waals surface area contributed by atoms with Gasteiger partial charge in [-0.25, -0.2) is 9.80 Å². The lowest BCUT2D eigenvalue weighted by atomic mass is 10.2. The lowest BCUT2D eigenvalue weighted by Crippen LogP contribution is -2.53. The molecule has 7 nitrogen and oxygen atoms in total. The number of nitrogens with one attached hydrogen (secondary N) is 1. The van der Waals surface area contributed by atoms with Crippen LogP contribution in [0, 0.1) is 0 Å². The van der Waals surface area contributed by atoms with E-state index in [4.69, 9.17) is 10.2 Å².